The SMILES string of the molecule is CCOc1ccc(NC(=S)Nc2ccc(OCC)cc2)cc1.O=C(O)O.O=S(=O)(O)O. The maximum absolute atomic E-state index is 8.74. The predicted octanol–water partition coefficient (Wildman–Crippen LogP) is 3.86. The lowest BCUT2D eigenvalue weighted by Gasteiger charge is -2.12. The van der Waals surface area contributed by atoms with Gasteiger partial charge in [0, 0.05) is 11.4 Å². The minimum Gasteiger partial charge on any atom is -0.494 e. The Kier molecular flexibility index (Phi) is 13.3. The lowest BCUT2D eigenvalue weighted by atomic mass is 10.3. The summed E-state index contributed by atoms with van der Waals surface area (Å²) < 4.78 is 42.4. The number of thiocarbonyl (C=S) groups is 1. The third-order valence-electron chi connectivity index (χ3n) is 2.85. The fraction of sp³-hybridized carbons (Fsp3) is 0.222. The van der Waals surface area contributed by atoms with E-state index in [0.29, 0.717) is 18.3 Å². The van der Waals surface area contributed by atoms with Gasteiger partial charge in [-0.25, -0.2) is 4.79 Å². The predicted molar refractivity (Wildman–Crippen MR) is 120 cm³/mol. The summed E-state index contributed by atoms with van der Waals surface area (Å²) in [6, 6.07) is 15.3. The Balaban J connectivity index is 0.000000846. The Bertz CT molecular complexity index is 837. The number of ether oxygens (including phenoxy) is 2. The highest BCUT2D eigenvalue weighted by molar-refractivity contribution is 7.80. The Labute approximate surface area is 185 Å². The second kappa shape index (κ2) is 14.8. The first-order valence-corrected chi connectivity index (χ1v) is 10.4. The molecule has 0 atom stereocenters. The fourth-order valence-corrected chi connectivity index (χ4v) is 2.13. The Morgan fingerprint density at radius 1 is 0.839 bits per heavy atom. The van der Waals surface area contributed by atoms with Gasteiger partial charge in [-0.15, -0.1) is 0 Å². The van der Waals surface area contributed by atoms with Crippen LogP contribution in [0.25, 0.3) is 0 Å². The summed E-state index contributed by atoms with van der Waals surface area (Å²) in [5.41, 5.74) is 1.82. The average molecular weight is 477 g/mol. The number of hydrogen-bond acceptors (Lipinski definition) is 6. The third-order valence-corrected chi connectivity index (χ3v) is 3.05. The van der Waals surface area contributed by atoms with Gasteiger partial charge in [0.25, 0.3) is 0 Å². The van der Waals surface area contributed by atoms with E-state index in [4.69, 9.17) is 54.2 Å². The summed E-state index contributed by atoms with van der Waals surface area (Å²) in [4.78, 5) is 8.56. The molecule has 2 aromatic carbocycles. The van der Waals surface area contributed by atoms with E-state index in [-0.39, 0.29) is 0 Å². The molecule has 0 heterocycles. The quantitative estimate of drug-likeness (QED) is 0.263. The van der Waals surface area contributed by atoms with Gasteiger partial charge >= 0.3 is 16.6 Å². The van der Waals surface area contributed by atoms with Crippen LogP contribution in [-0.2, 0) is 10.4 Å². The van der Waals surface area contributed by atoms with Crippen LogP contribution in [0.3, 0.4) is 0 Å². The molecule has 0 spiro atoms. The molecule has 0 aliphatic heterocycles. The molecule has 0 bridgehead atoms. The molecule has 2 aromatic rings. The molecule has 0 fully saturated rings. The van der Waals surface area contributed by atoms with Crippen LogP contribution < -0.4 is 20.1 Å². The van der Waals surface area contributed by atoms with Crippen molar-refractivity contribution < 1.29 is 42.0 Å². The number of anilines is 2. The Morgan fingerprint density at radius 3 is 1.32 bits per heavy atom. The van der Waals surface area contributed by atoms with E-state index in [1.807, 2.05) is 62.4 Å². The van der Waals surface area contributed by atoms with Crippen LogP contribution in [0.2, 0.25) is 0 Å². The molecule has 172 valence electrons. The molecule has 0 aromatic heterocycles. The zero-order chi connectivity index (χ0) is 23.9. The number of rotatable bonds is 6. The van der Waals surface area contributed by atoms with Crippen molar-refractivity contribution in [3.05, 3.63) is 48.5 Å². The van der Waals surface area contributed by atoms with Gasteiger partial charge < -0.3 is 30.3 Å². The monoisotopic (exact) mass is 476 g/mol. The molecule has 0 amide bonds. The fourth-order valence-electron chi connectivity index (χ4n) is 1.90. The van der Waals surface area contributed by atoms with Gasteiger partial charge in [0.05, 0.1) is 13.2 Å². The number of carboxylic acid groups (broad SMARTS) is 2. The van der Waals surface area contributed by atoms with E-state index in [0.717, 1.165) is 22.9 Å². The molecule has 0 saturated carbocycles. The summed E-state index contributed by atoms with van der Waals surface area (Å²) in [6.07, 6.45) is -1.83. The molecule has 2 rings (SSSR count). The first-order chi connectivity index (χ1) is 14.4. The molecule has 0 aliphatic rings. The van der Waals surface area contributed by atoms with Crippen LogP contribution >= 0.6 is 12.2 Å². The van der Waals surface area contributed by atoms with E-state index in [1.54, 1.807) is 0 Å². The summed E-state index contributed by atoms with van der Waals surface area (Å²) in [6.45, 7) is 5.24. The van der Waals surface area contributed by atoms with Gasteiger partial charge in [-0.2, -0.15) is 8.42 Å². The summed E-state index contributed by atoms with van der Waals surface area (Å²) in [5, 5.41) is 20.7. The first-order valence-electron chi connectivity index (χ1n) is 8.60. The molecular weight excluding hydrogens is 452 g/mol. The lowest BCUT2D eigenvalue weighted by molar-refractivity contribution is 0.137. The molecule has 0 radical (unpaired) electrons. The molecule has 0 unspecified atom stereocenters. The summed E-state index contributed by atoms with van der Waals surface area (Å²) >= 11 is 5.30. The highest BCUT2D eigenvalue weighted by atomic mass is 32.3. The molecule has 6 N–H and O–H groups in total. The van der Waals surface area contributed by atoms with Crippen LogP contribution in [0, 0.1) is 0 Å². The van der Waals surface area contributed by atoms with Gasteiger partial charge in [-0.1, -0.05) is 0 Å². The van der Waals surface area contributed by atoms with Gasteiger partial charge in [0.1, 0.15) is 11.5 Å². The summed E-state index contributed by atoms with van der Waals surface area (Å²) in [5.74, 6) is 1.69. The number of carbonyl (C=O) groups is 1. The van der Waals surface area contributed by atoms with E-state index >= 15 is 0 Å². The normalized spacial score (nSPS) is 9.68. The van der Waals surface area contributed by atoms with Crippen LogP contribution in [0.4, 0.5) is 16.2 Å². The molecule has 13 heteroatoms. The maximum atomic E-state index is 8.74. The minimum atomic E-state index is -4.67. The second-order valence-electron chi connectivity index (χ2n) is 5.22. The van der Waals surface area contributed by atoms with Crippen molar-refractivity contribution in [1.82, 2.24) is 0 Å². The van der Waals surface area contributed by atoms with Crippen molar-refractivity contribution in [3.8, 4) is 11.5 Å². The van der Waals surface area contributed by atoms with Crippen molar-refractivity contribution in [3.63, 3.8) is 0 Å². The van der Waals surface area contributed by atoms with Crippen molar-refractivity contribution in [2.75, 3.05) is 23.8 Å². The lowest BCUT2D eigenvalue weighted by Crippen LogP contribution is -2.18. The average Bonchev–Trinajstić information content (AvgIpc) is 2.64. The van der Waals surface area contributed by atoms with Crippen molar-refractivity contribution in [2.24, 2.45) is 0 Å². The standard InChI is InChI=1S/C17H20N2O2S.CH2O3.H2O4S/c1-3-20-15-9-5-13(6-10-15)18-17(22)19-14-7-11-16(12-8-14)21-4-2;2-1(3)4;1-5(2,3)4/h5-12H,3-4H2,1-2H3,(H2,18,19,22);(H2,2,3,4);(H2,1,2,3,4). The van der Waals surface area contributed by atoms with E-state index in [1.165, 1.54) is 0 Å². The molecule has 11 nitrogen and oxygen atoms in total. The van der Waals surface area contributed by atoms with E-state index < -0.39 is 16.6 Å². The molecule has 0 aliphatic carbocycles. The Morgan fingerprint density at radius 2 is 1.10 bits per heavy atom. The number of nitrogens with one attached hydrogen (secondary N) is 2. The smallest absolute Gasteiger partial charge is 0.494 e. The van der Waals surface area contributed by atoms with Crippen LogP contribution in [0.5, 0.6) is 11.5 Å². The van der Waals surface area contributed by atoms with Crippen molar-refractivity contribution >= 4 is 45.3 Å². The largest absolute Gasteiger partial charge is 0.503 e. The zero-order valence-electron chi connectivity index (χ0n) is 16.7. The highest BCUT2D eigenvalue weighted by Gasteiger charge is 2.00. The number of benzene rings is 2. The van der Waals surface area contributed by atoms with Crippen molar-refractivity contribution in [2.45, 2.75) is 13.8 Å². The molecular formula is C18H24N2O9S2. The van der Waals surface area contributed by atoms with Gasteiger partial charge in [0.2, 0.25) is 0 Å². The molecule has 0 saturated heterocycles. The van der Waals surface area contributed by atoms with Crippen LogP contribution in [0.1, 0.15) is 13.8 Å². The highest BCUT2D eigenvalue weighted by Crippen LogP contribution is 2.18. The topological polar surface area (TPSA) is 175 Å². The minimum absolute atomic E-state index is 0.535. The second-order valence-corrected chi connectivity index (χ2v) is 6.53. The van der Waals surface area contributed by atoms with Gasteiger partial charge in [-0.05, 0) is 74.6 Å². The Hall–Kier alpha value is -3.13. The van der Waals surface area contributed by atoms with Gasteiger partial charge in [0.15, 0.2) is 5.11 Å². The van der Waals surface area contributed by atoms with Crippen molar-refractivity contribution in [1.29, 1.82) is 0 Å². The van der Waals surface area contributed by atoms with Crippen LogP contribution in [-0.4, -0.2) is 52.2 Å². The zero-order valence-corrected chi connectivity index (χ0v) is 18.3. The van der Waals surface area contributed by atoms with E-state index in [9.17, 15) is 0 Å². The summed E-state index contributed by atoms with van der Waals surface area (Å²) in [7, 11) is -4.67. The maximum Gasteiger partial charge on any atom is 0.503 e. The number of hydrogen-bond donors (Lipinski definition) is 6. The third kappa shape index (κ3) is 17.4. The van der Waals surface area contributed by atoms with Gasteiger partial charge in [-0.3, -0.25) is 9.11 Å². The van der Waals surface area contributed by atoms with Crippen LogP contribution in [0.15, 0.2) is 48.5 Å². The first kappa shape index (κ1) is 27.9. The molecule has 31 heavy (non-hydrogen) atoms. The van der Waals surface area contributed by atoms with E-state index in [2.05, 4.69) is 10.6 Å².